The molecule has 0 unspecified atom stereocenters. The monoisotopic (exact) mass is 146 g/mol. The van der Waals surface area contributed by atoms with Crippen molar-refractivity contribution >= 4 is 6.03 Å². The van der Waals surface area contributed by atoms with Crippen molar-refractivity contribution < 1.29 is 14.3 Å². The quantitative estimate of drug-likeness (QED) is 0.538. The summed E-state index contributed by atoms with van der Waals surface area (Å²) < 4.78 is 9.73. The summed E-state index contributed by atoms with van der Waals surface area (Å²) in [5.74, 6) is 0. The molecule has 5 heteroatoms. The van der Waals surface area contributed by atoms with Crippen LogP contribution in [0.25, 0.3) is 0 Å². The number of carbonyl (C=O) groups is 1. The van der Waals surface area contributed by atoms with Gasteiger partial charge < -0.3 is 20.1 Å². The van der Waals surface area contributed by atoms with Crippen LogP contribution in [0.5, 0.6) is 0 Å². The van der Waals surface area contributed by atoms with Gasteiger partial charge in [-0.15, -0.1) is 0 Å². The zero-order chi connectivity index (χ0) is 7.56. The number of urea groups is 1. The van der Waals surface area contributed by atoms with Gasteiger partial charge in [-0.3, -0.25) is 0 Å². The van der Waals surface area contributed by atoms with Crippen molar-refractivity contribution in [3.05, 3.63) is 0 Å². The summed E-state index contributed by atoms with van der Waals surface area (Å²) in [5.41, 5.74) is 0. The van der Waals surface area contributed by atoms with Gasteiger partial charge in [-0.05, 0) is 0 Å². The lowest BCUT2D eigenvalue weighted by Crippen LogP contribution is -2.36. The van der Waals surface area contributed by atoms with Crippen molar-refractivity contribution in [3.8, 4) is 0 Å². The summed E-state index contributed by atoms with van der Waals surface area (Å²) >= 11 is 0. The lowest BCUT2D eigenvalue weighted by Gasteiger charge is -2.13. The number of nitrogens with one attached hydrogen (secondary N) is 2. The van der Waals surface area contributed by atoms with Gasteiger partial charge in [0.25, 0.3) is 0 Å². The smallest absolute Gasteiger partial charge is 0.319 e. The molecule has 5 nitrogen and oxygen atoms in total. The van der Waals surface area contributed by atoms with Gasteiger partial charge in [0, 0.05) is 14.2 Å². The maximum absolute atomic E-state index is 10.6. The molecular weight excluding hydrogens is 136 g/mol. The van der Waals surface area contributed by atoms with E-state index in [0.29, 0.717) is 0 Å². The van der Waals surface area contributed by atoms with Crippen LogP contribution in [0, 0.1) is 0 Å². The molecular formula is C5H10N2O3. The van der Waals surface area contributed by atoms with E-state index in [9.17, 15) is 4.79 Å². The molecule has 1 rings (SSSR count). The molecule has 1 saturated heterocycles. The molecule has 0 aromatic heterocycles. The van der Waals surface area contributed by atoms with Gasteiger partial charge in [-0.2, -0.15) is 0 Å². The summed E-state index contributed by atoms with van der Waals surface area (Å²) in [6, 6.07) is -0.265. The predicted octanol–water partition coefficient (Wildman–Crippen LogP) is -0.756. The zero-order valence-electron chi connectivity index (χ0n) is 5.88. The molecule has 0 bridgehead atoms. The predicted molar refractivity (Wildman–Crippen MR) is 33.3 cm³/mol. The first-order chi connectivity index (χ1) is 4.77. The molecule has 1 heterocycles. The topological polar surface area (TPSA) is 59.6 Å². The molecule has 0 radical (unpaired) electrons. The number of ether oxygens (including phenoxy) is 2. The van der Waals surface area contributed by atoms with Gasteiger partial charge in [0.05, 0.1) is 0 Å². The van der Waals surface area contributed by atoms with Crippen molar-refractivity contribution in [1.29, 1.82) is 0 Å². The van der Waals surface area contributed by atoms with Crippen LogP contribution in [0.2, 0.25) is 0 Å². The Morgan fingerprint density at radius 2 is 1.60 bits per heavy atom. The van der Waals surface area contributed by atoms with E-state index in [4.69, 9.17) is 9.47 Å². The number of hydrogen-bond donors (Lipinski definition) is 2. The molecule has 0 aromatic carbocycles. The number of hydrogen-bond acceptors (Lipinski definition) is 3. The molecule has 2 atom stereocenters. The van der Waals surface area contributed by atoms with Crippen LogP contribution in [-0.2, 0) is 9.47 Å². The molecule has 0 aliphatic carbocycles. The minimum Gasteiger partial charge on any atom is -0.357 e. The Hall–Kier alpha value is -0.810. The summed E-state index contributed by atoms with van der Waals surface area (Å²) in [7, 11) is 3.01. The first-order valence-electron chi connectivity index (χ1n) is 2.90. The Balaban J connectivity index is 2.48. The van der Waals surface area contributed by atoms with Crippen molar-refractivity contribution in [2.45, 2.75) is 12.5 Å². The normalized spacial score (nSPS) is 31.6. The van der Waals surface area contributed by atoms with Crippen molar-refractivity contribution in [3.63, 3.8) is 0 Å². The standard InChI is InChI=1S/C5H10N2O3/c1-9-3-4(10-2)7-5(8)6-3/h3-4H,1-2H3,(H2,6,7,8)/t3-,4-/m1/s1. The van der Waals surface area contributed by atoms with Gasteiger partial charge in [0.2, 0.25) is 0 Å². The summed E-state index contributed by atoms with van der Waals surface area (Å²) in [4.78, 5) is 10.6. The second-order valence-electron chi connectivity index (χ2n) is 1.93. The van der Waals surface area contributed by atoms with Gasteiger partial charge in [0.1, 0.15) is 0 Å². The van der Waals surface area contributed by atoms with Gasteiger partial charge >= 0.3 is 6.03 Å². The fourth-order valence-corrected chi connectivity index (χ4v) is 0.816. The van der Waals surface area contributed by atoms with Crippen LogP contribution in [0.15, 0.2) is 0 Å². The van der Waals surface area contributed by atoms with E-state index in [-0.39, 0.29) is 18.5 Å². The Morgan fingerprint density at radius 1 is 1.20 bits per heavy atom. The highest BCUT2D eigenvalue weighted by Gasteiger charge is 2.30. The first-order valence-corrected chi connectivity index (χ1v) is 2.90. The molecule has 10 heavy (non-hydrogen) atoms. The number of carbonyl (C=O) groups excluding carboxylic acids is 1. The molecule has 0 saturated carbocycles. The van der Waals surface area contributed by atoms with E-state index in [2.05, 4.69) is 10.6 Å². The Bertz CT molecular complexity index is 125. The molecule has 1 fully saturated rings. The maximum atomic E-state index is 10.6. The maximum Gasteiger partial charge on any atom is 0.319 e. The largest absolute Gasteiger partial charge is 0.357 e. The number of methoxy groups -OCH3 is 2. The highest BCUT2D eigenvalue weighted by Crippen LogP contribution is 2.01. The third-order valence-electron chi connectivity index (χ3n) is 1.33. The first kappa shape index (κ1) is 7.30. The molecule has 1 aliphatic rings. The summed E-state index contributed by atoms with van der Waals surface area (Å²) in [5, 5.41) is 5.01. The fraction of sp³-hybridized carbons (Fsp3) is 0.800. The number of amides is 2. The molecule has 2 N–H and O–H groups in total. The average Bonchev–Trinajstić information content (AvgIpc) is 2.30. The SMILES string of the molecule is CO[C@H]1NC(=O)N[C@@H]1OC. The van der Waals surface area contributed by atoms with Crippen LogP contribution in [-0.4, -0.2) is 32.7 Å². The second-order valence-corrected chi connectivity index (χ2v) is 1.93. The van der Waals surface area contributed by atoms with Crippen LogP contribution in [0.3, 0.4) is 0 Å². The van der Waals surface area contributed by atoms with E-state index in [1.54, 1.807) is 0 Å². The lowest BCUT2D eigenvalue weighted by molar-refractivity contribution is -0.0343. The summed E-state index contributed by atoms with van der Waals surface area (Å²) in [6.45, 7) is 0. The fourth-order valence-electron chi connectivity index (χ4n) is 0.816. The molecule has 1 aliphatic heterocycles. The van der Waals surface area contributed by atoms with E-state index < -0.39 is 0 Å². The molecule has 0 spiro atoms. The second kappa shape index (κ2) is 2.85. The third-order valence-corrected chi connectivity index (χ3v) is 1.33. The Morgan fingerprint density at radius 3 is 1.90 bits per heavy atom. The van der Waals surface area contributed by atoms with E-state index in [1.165, 1.54) is 14.2 Å². The molecule has 0 aromatic rings. The van der Waals surface area contributed by atoms with E-state index in [0.717, 1.165) is 0 Å². The van der Waals surface area contributed by atoms with Gasteiger partial charge in [-0.1, -0.05) is 0 Å². The number of rotatable bonds is 2. The van der Waals surface area contributed by atoms with Crippen LogP contribution in [0.1, 0.15) is 0 Å². The Labute approximate surface area is 58.7 Å². The lowest BCUT2D eigenvalue weighted by atomic mass is 10.5. The van der Waals surface area contributed by atoms with Gasteiger partial charge in [0.15, 0.2) is 12.5 Å². The molecule has 58 valence electrons. The van der Waals surface area contributed by atoms with E-state index in [1.807, 2.05) is 0 Å². The van der Waals surface area contributed by atoms with Crippen LogP contribution < -0.4 is 10.6 Å². The van der Waals surface area contributed by atoms with E-state index >= 15 is 0 Å². The molecule has 2 amide bonds. The van der Waals surface area contributed by atoms with Gasteiger partial charge in [-0.25, -0.2) is 4.79 Å². The summed E-state index contributed by atoms with van der Waals surface area (Å²) in [6.07, 6.45) is -0.755. The van der Waals surface area contributed by atoms with Crippen LogP contribution in [0.4, 0.5) is 4.79 Å². The van der Waals surface area contributed by atoms with Crippen molar-refractivity contribution in [2.75, 3.05) is 14.2 Å². The third kappa shape index (κ3) is 1.19. The minimum absolute atomic E-state index is 0.265. The Kier molecular flexibility index (Phi) is 2.08. The highest BCUT2D eigenvalue weighted by atomic mass is 16.6. The minimum atomic E-state index is -0.377. The average molecular weight is 146 g/mol. The zero-order valence-corrected chi connectivity index (χ0v) is 5.88. The highest BCUT2D eigenvalue weighted by molar-refractivity contribution is 5.76. The van der Waals surface area contributed by atoms with Crippen LogP contribution >= 0.6 is 0 Å². The van der Waals surface area contributed by atoms with Crippen molar-refractivity contribution in [2.24, 2.45) is 0 Å². The van der Waals surface area contributed by atoms with Crippen molar-refractivity contribution in [1.82, 2.24) is 10.6 Å².